The molecule has 2 aromatic carbocycles. The second-order valence-electron chi connectivity index (χ2n) is 6.75. The van der Waals surface area contributed by atoms with E-state index in [0.29, 0.717) is 11.2 Å². The molecule has 1 aromatic heterocycles. The van der Waals surface area contributed by atoms with Gasteiger partial charge in [0.25, 0.3) is 17.2 Å². The molecule has 142 valence electrons. The number of fused-ring (bicyclic) bond motifs is 3. The summed E-state index contributed by atoms with van der Waals surface area (Å²) in [6.07, 6.45) is 3.68. The first-order chi connectivity index (χ1) is 13.4. The van der Waals surface area contributed by atoms with Gasteiger partial charge in [0.1, 0.15) is 5.56 Å². The molecule has 1 heterocycles. The minimum Gasteiger partial charge on any atom is -0.322 e. The van der Waals surface area contributed by atoms with Crippen molar-refractivity contribution in [3.63, 3.8) is 0 Å². The topological polar surface area (TPSA) is 105 Å². The number of hydrogen-bond acceptors (Lipinski definition) is 4. The summed E-state index contributed by atoms with van der Waals surface area (Å²) in [5.74, 6) is -0.645. The van der Waals surface area contributed by atoms with E-state index in [0.717, 1.165) is 42.2 Å². The van der Waals surface area contributed by atoms with Crippen LogP contribution in [0.25, 0.3) is 10.9 Å². The number of hydrogen-bond donors (Lipinski definition) is 2. The molecular formula is C20H16ClN3O4. The Morgan fingerprint density at radius 2 is 1.86 bits per heavy atom. The number of aromatic nitrogens is 1. The number of carbonyl (C=O) groups excluding carboxylic acids is 1. The van der Waals surface area contributed by atoms with Gasteiger partial charge in [-0.2, -0.15) is 0 Å². The van der Waals surface area contributed by atoms with Crippen LogP contribution < -0.4 is 10.9 Å². The number of carbonyl (C=O) groups is 1. The summed E-state index contributed by atoms with van der Waals surface area (Å²) < 4.78 is 0. The summed E-state index contributed by atoms with van der Waals surface area (Å²) in [5.41, 5.74) is 2.40. The number of aromatic amines is 1. The monoisotopic (exact) mass is 397 g/mol. The number of halogens is 1. The van der Waals surface area contributed by atoms with Gasteiger partial charge in [0.15, 0.2) is 0 Å². The van der Waals surface area contributed by atoms with Gasteiger partial charge in [-0.25, -0.2) is 0 Å². The van der Waals surface area contributed by atoms with Gasteiger partial charge in [-0.05, 0) is 55.5 Å². The van der Waals surface area contributed by atoms with Crippen LogP contribution in [0.5, 0.6) is 0 Å². The molecule has 0 fully saturated rings. The fourth-order valence-electron chi connectivity index (χ4n) is 3.69. The predicted molar refractivity (Wildman–Crippen MR) is 107 cm³/mol. The molecule has 4 rings (SSSR count). The van der Waals surface area contributed by atoms with E-state index in [1.54, 1.807) is 12.1 Å². The number of pyridine rings is 1. The summed E-state index contributed by atoms with van der Waals surface area (Å²) >= 11 is 5.89. The maximum atomic E-state index is 12.6. The number of aryl methyl sites for hydroxylation is 1. The molecule has 1 amide bonds. The summed E-state index contributed by atoms with van der Waals surface area (Å²) in [6.45, 7) is 0. The van der Waals surface area contributed by atoms with Crippen molar-refractivity contribution in [1.29, 1.82) is 0 Å². The highest BCUT2D eigenvalue weighted by Gasteiger charge is 2.21. The summed E-state index contributed by atoms with van der Waals surface area (Å²) in [6, 6.07) is 9.07. The number of rotatable bonds is 3. The van der Waals surface area contributed by atoms with E-state index < -0.39 is 10.8 Å². The van der Waals surface area contributed by atoms with Crippen molar-refractivity contribution < 1.29 is 9.72 Å². The number of nitrogens with one attached hydrogen (secondary N) is 2. The van der Waals surface area contributed by atoms with Crippen molar-refractivity contribution in [3.05, 3.63) is 78.6 Å². The fourth-order valence-corrected chi connectivity index (χ4v) is 3.86. The molecule has 0 saturated carbocycles. The largest absolute Gasteiger partial charge is 0.322 e. The third kappa shape index (κ3) is 3.25. The first-order valence-electron chi connectivity index (χ1n) is 8.87. The van der Waals surface area contributed by atoms with Crippen molar-refractivity contribution in [1.82, 2.24) is 4.98 Å². The quantitative estimate of drug-likeness (QED) is 0.509. The van der Waals surface area contributed by atoms with Crippen LogP contribution in [-0.2, 0) is 12.8 Å². The molecule has 2 N–H and O–H groups in total. The van der Waals surface area contributed by atoms with Crippen LogP contribution in [0.1, 0.15) is 34.3 Å². The number of benzene rings is 2. The lowest BCUT2D eigenvalue weighted by molar-refractivity contribution is -0.385. The summed E-state index contributed by atoms with van der Waals surface area (Å²) in [4.78, 5) is 38.4. The van der Waals surface area contributed by atoms with E-state index in [4.69, 9.17) is 11.6 Å². The molecule has 0 bridgehead atoms. The van der Waals surface area contributed by atoms with Gasteiger partial charge >= 0.3 is 0 Å². The zero-order valence-corrected chi connectivity index (χ0v) is 15.5. The van der Waals surface area contributed by atoms with Crippen LogP contribution in [0.3, 0.4) is 0 Å². The van der Waals surface area contributed by atoms with Crippen LogP contribution in [-0.4, -0.2) is 15.8 Å². The van der Waals surface area contributed by atoms with E-state index >= 15 is 0 Å². The molecule has 0 unspecified atom stereocenters. The Kier molecular flexibility index (Phi) is 4.60. The van der Waals surface area contributed by atoms with Gasteiger partial charge in [0.05, 0.1) is 10.4 Å². The van der Waals surface area contributed by atoms with Crippen molar-refractivity contribution in [2.24, 2.45) is 0 Å². The highest BCUT2D eigenvalue weighted by Crippen LogP contribution is 2.28. The molecule has 1 aliphatic carbocycles. The molecule has 8 heteroatoms. The molecular weight excluding hydrogens is 382 g/mol. The molecule has 0 atom stereocenters. The number of nitro groups is 1. The number of nitrogens with zero attached hydrogens (tertiary/aromatic N) is 1. The maximum Gasteiger partial charge on any atom is 0.282 e. The van der Waals surface area contributed by atoms with Gasteiger partial charge in [-0.1, -0.05) is 17.7 Å². The van der Waals surface area contributed by atoms with E-state index in [9.17, 15) is 19.7 Å². The van der Waals surface area contributed by atoms with E-state index in [2.05, 4.69) is 10.3 Å². The highest BCUT2D eigenvalue weighted by molar-refractivity contribution is 6.31. The lowest BCUT2D eigenvalue weighted by atomic mass is 9.90. The number of H-pyrrole nitrogens is 1. The van der Waals surface area contributed by atoms with Crippen molar-refractivity contribution in [3.8, 4) is 0 Å². The molecule has 3 aromatic rings. The minimum atomic E-state index is -0.645. The first kappa shape index (κ1) is 18.2. The number of nitro benzene ring substituents is 1. The second kappa shape index (κ2) is 7.09. The van der Waals surface area contributed by atoms with Gasteiger partial charge in [0, 0.05) is 27.7 Å². The highest BCUT2D eigenvalue weighted by atomic mass is 35.5. The lowest BCUT2D eigenvalue weighted by Crippen LogP contribution is -2.19. The third-order valence-corrected chi connectivity index (χ3v) is 5.23. The summed E-state index contributed by atoms with van der Waals surface area (Å²) in [5, 5.41) is 15.0. The molecule has 7 nitrogen and oxygen atoms in total. The van der Waals surface area contributed by atoms with Crippen LogP contribution >= 0.6 is 11.6 Å². The Bertz CT molecular complexity index is 1190. The van der Waals surface area contributed by atoms with E-state index in [1.807, 2.05) is 6.07 Å². The van der Waals surface area contributed by atoms with Crippen molar-refractivity contribution in [2.75, 3.05) is 5.32 Å². The molecule has 0 spiro atoms. The Hall–Kier alpha value is -3.19. The van der Waals surface area contributed by atoms with Crippen LogP contribution in [0, 0.1) is 10.1 Å². The van der Waals surface area contributed by atoms with Gasteiger partial charge in [-0.15, -0.1) is 0 Å². The Morgan fingerprint density at radius 3 is 2.61 bits per heavy atom. The van der Waals surface area contributed by atoms with Crippen molar-refractivity contribution >= 4 is 39.8 Å². The SMILES string of the molecule is O=C(Nc1ccc2c3c(c(=O)[nH]c2c1)CCCC3)c1cc(Cl)ccc1[N+](=O)[O-]. The van der Waals surface area contributed by atoms with Gasteiger partial charge in [0.2, 0.25) is 0 Å². The minimum absolute atomic E-state index is 0.101. The fraction of sp³-hybridized carbons (Fsp3) is 0.200. The zero-order chi connectivity index (χ0) is 19.8. The summed E-state index contributed by atoms with van der Waals surface area (Å²) in [7, 11) is 0. The van der Waals surface area contributed by atoms with Crippen molar-refractivity contribution in [2.45, 2.75) is 25.7 Å². The van der Waals surface area contributed by atoms with Crippen LogP contribution in [0.2, 0.25) is 5.02 Å². The van der Waals surface area contributed by atoms with E-state index in [1.165, 1.54) is 18.2 Å². The predicted octanol–water partition coefficient (Wildman–Crippen LogP) is 4.22. The zero-order valence-electron chi connectivity index (χ0n) is 14.8. The first-order valence-corrected chi connectivity index (χ1v) is 9.25. The molecule has 0 radical (unpaired) electrons. The maximum absolute atomic E-state index is 12.6. The van der Waals surface area contributed by atoms with Gasteiger partial charge in [-0.3, -0.25) is 19.7 Å². The molecule has 0 aliphatic heterocycles. The van der Waals surface area contributed by atoms with E-state index in [-0.39, 0.29) is 21.8 Å². The Morgan fingerprint density at radius 1 is 1.11 bits per heavy atom. The molecule has 1 aliphatic rings. The Balaban J connectivity index is 1.71. The average molecular weight is 398 g/mol. The Labute approximate surface area is 164 Å². The van der Waals surface area contributed by atoms with Crippen LogP contribution in [0.4, 0.5) is 11.4 Å². The third-order valence-electron chi connectivity index (χ3n) is 4.99. The van der Waals surface area contributed by atoms with Crippen LogP contribution in [0.15, 0.2) is 41.2 Å². The molecule has 28 heavy (non-hydrogen) atoms. The smallest absolute Gasteiger partial charge is 0.282 e. The molecule has 0 saturated heterocycles. The average Bonchev–Trinajstić information content (AvgIpc) is 2.67. The second-order valence-corrected chi connectivity index (χ2v) is 7.19. The lowest BCUT2D eigenvalue weighted by Gasteiger charge is -2.17. The standard InChI is InChI=1S/C20H16ClN3O4/c21-11-5-8-18(24(27)28)16(9-11)20(26)22-12-6-7-14-13-3-1-2-4-15(13)19(25)23-17(14)10-12/h5-10H,1-4H2,(H,22,26)(H,23,25). The van der Waals surface area contributed by atoms with Gasteiger partial charge < -0.3 is 10.3 Å². The number of anilines is 1. The number of amides is 1. The normalized spacial score (nSPS) is 13.2.